The Morgan fingerprint density at radius 3 is 2.67 bits per heavy atom. The minimum absolute atomic E-state index is 0.242. The molecule has 1 amide bonds. The lowest BCUT2D eigenvalue weighted by molar-refractivity contribution is -0.113. The van der Waals surface area contributed by atoms with Crippen molar-refractivity contribution in [3.8, 4) is 22.9 Å². The average Bonchev–Trinajstić information content (AvgIpc) is 3.33. The number of nitrogens with one attached hydrogen (secondary N) is 2. The van der Waals surface area contributed by atoms with Gasteiger partial charge in [0, 0.05) is 29.3 Å². The fraction of sp³-hybridized carbons (Fsp3) is 0.185. The van der Waals surface area contributed by atoms with E-state index in [-0.39, 0.29) is 5.91 Å². The Morgan fingerprint density at radius 1 is 1.11 bits per heavy atom. The third kappa shape index (κ3) is 4.38. The normalized spacial score (nSPS) is 14.6. The van der Waals surface area contributed by atoms with Gasteiger partial charge in [0.15, 0.2) is 17.3 Å². The number of ether oxygens (including phenoxy) is 2. The number of methoxy groups -OCH3 is 1. The van der Waals surface area contributed by atoms with Crippen LogP contribution in [0.3, 0.4) is 0 Å². The second kappa shape index (κ2) is 9.91. The molecule has 0 aliphatic carbocycles. The van der Waals surface area contributed by atoms with Crippen molar-refractivity contribution in [1.29, 1.82) is 0 Å². The molecule has 0 radical (unpaired) electrons. The molecule has 1 aliphatic heterocycles. The molecular formula is C27H26N6O3. The second-order valence-electron chi connectivity index (χ2n) is 8.17. The molecule has 0 saturated heterocycles. The molecule has 3 heterocycles. The van der Waals surface area contributed by atoms with E-state index in [2.05, 4.69) is 15.6 Å². The monoisotopic (exact) mass is 482 g/mol. The molecule has 0 spiro atoms. The number of carbonyl (C=O) groups is 1. The molecule has 0 saturated carbocycles. The molecule has 182 valence electrons. The first-order valence-electron chi connectivity index (χ1n) is 11.6. The molecule has 1 atom stereocenters. The van der Waals surface area contributed by atoms with Crippen molar-refractivity contribution < 1.29 is 14.3 Å². The van der Waals surface area contributed by atoms with Crippen LogP contribution in [0.2, 0.25) is 0 Å². The molecule has 2 aromatic carbocycles. The maximum atomic E-state index is 13.6. The summed E-state index contributed by atoms with van der Waals surface area (Å²) in [6.07, 6.45) is 3.41. The van der Waals surface area contributed by atoms with E-state index in [0.29, 0.717) is 46.8 Å². The van der Waals surface area contributed by atoms with Gasteiger partial charge in [-0.1, -0.05) is 24.3 Å². The number of anilines is 2. The number of para-hydroxylation sites is 1. The van der Waals surface area contributed by atoms with Gasteiger partial charge in [0.25, 0.3) is 5.91 Å². The second-order valence-corrected chi connectivity index (χ2v) is 8.17. The zero-order valence-corrected chi connectivity index (χ0v) is 20.2. The summed E-state index contributed by atoms with van der Waals surface area (Å²) in [6, 6.07) is 18.2. The third-order valence-corrected chi connectivity index (χ3v) is 5.85. The van der Waals surface area contributed by atoms with Crippen molar-refractivity contribution in [2.24, 2.45) is 0 Å². The molecule has 2 aromatic heterocycles. The Balaban J connectivity index is 1.63. The van der Waals surface area contributed by atoms with E-state index in [1.165, 1.54) is 0 Å². The van der Waals surface area contributed by atoms with Gasteiger partial charge in [-0.3, -0.25) is 9.78 Å². The van der Waals surface area contributed by atoms with Gasteiger partial charge >= 0.3 is 0 Å². The quantitative estimate of drug-likeness (QED) is 0.394. The maximum Gasteiger partial charge on any atom is 0.255 e. The first kappa shape index (κ1) is 23.1. The minimum Gasteiger partial charge on any atom is -0.493 e. The number of hydrogen-bond acceptors (Lipinski definition) is 7. The smallest absolute Gasteiger partial charge is 0.255 e. The van der Waals surface area contributed by atoms with Crippen molar-refractivity contribution in [1.82, 2.24) is 19.7 Å². The maximum absolute atomic E-state index is 13.6. The summed E-state index contributed by atoms with van der Waals surface area (Å²) < 4.78 is 13.0. The Kier molecular flexibility index (Phi) is 6.36. The summed E-state index contributed by atoms with van der Waals surface area (Å²) >= 11 is 0. The molecule has 9 nitrogen and oxygen atoms in total. The molecular weight excluding hydrogens is 456 g/mol. The highest BCUT2D eigenvalue weighted by Crippen LogP contribution is 2.39. The number of fused-ring (bicyclic) bond motifs is 1. The van der Waals surface area contributed by atoms with Crippen LogP contribution in [0.25, 0.3) is 11.4 Å². The van der Waals surface area contributed by atoms with Gasteiger partial charge in [-0.25, -0.2) is 4.68 Å². The van der Waals surface area contributed by atoms with Crippen molar-refractivity contribution in [3.05, 3.63) is 89.9 Å². The molecule has 1 unspecified atom stereocenters. The lowest BCUT2D eigenvalue weighted by Gasteiger charge is -2.29. The number of nitrogens with zero attached hydrogens (tertiary/aromatic N) is 4. The standard InChI is InChI=1S/C27H26N6O3/c1-4-36-21-13-12-18(15-22(21)35-3)24-23(26(34)30-20-10-6-5-7-11-20)17(2)29-27-31-25(32-33(24)27)19-9-8-14-28-16-19/h5-16,24H,4H2,1-3H3,(H,30,34)(H,29,31,32). The van der Waals surface area contributed by atoms with Crippen LogP contribution >= 0.6 is 0 Å². The van der Waals surface area contributed by atoms with Crippen molar-refractivity contribution in [2.75, 3.05) is 24.4 Å². The first-order valence-corrected chi connectivity index (χ1v) is 11.6. The SMILES string of the molecule is CCOc1ccc(C2C(C(=O)Nc3ccccc3)=C(C)Nc3nc(-c4cccnc4)nn32)cc1OC. The number of rotatable bonds is 7. The fourth-order valence-electron chi connectivity index (χ4n) is 4.22. The van der Waals surface area contributed by atoms with Gasteiger partial charge in [0.1, 0.15) is 6.04 Å². The summed E-state index contributed by atoms with van der Waals surface area (Å²) in [5.74, 6) is 1.99. The van der Waals surface area contributed by atoms with Crippen LogP contribution in [0.4, 0.5) is 11.6 Å². The number of carbonyl (C=O) groups excluding carboxylic acids is 1. The van der Waals surface area contributed by atoms with Gasteiger partial charge < -0.3 is 20.1 Å². The van der Waals surface area contributed by atoms with E-state index >= 15 is 0 Å². The van der Waals surface area contributed by atoms with Crippen molar-refractivity contribution >= 4 is 17.5 Å². The van der Waals surface area contributed by atoms with Crippen LogP contribution < -0.4 is 20.1 Å². The van der Waals surface area contributed by atoms with Gasteiger partial charge in [-0.15, -0.1) is 5.10 Å². The number of aromatic nitrogens is 4. The van der Waals surface area contributed by atoms with Crippen LogP contribution in [0.1, 0.15) is 25.5 Å². The number of pyridine rings is 1. The Morgan fingerprint density at radius 2 is 1.94 bits per heavy atom. The topological polar surface area (TPSA) is 103 Å². The molecule has 9 heteroatoms. The van der Waals surface area contributed by atoms with Crippen molar-refractivity contribution in [3.63, 3.8) is 0 Å². The van der Waals surface area contributed by atoms with Gasteiger partial charge in [-0.05, 0) is 55.8 Å². The van der Waals surface area contributed by atoms with E-state index in [0.717, 1.165) is 11.1 Å². The third-order valence-electron chi connectivity index (χ3n) is 5.85. The van der Waals surface area contributed by atoms with Gasteiger partial charge in [0.05, 0.1) is 19.3 Å². The molecule has 0 fully saturated rings. The predicted molar refractivity (Wildman–Crippen MR) is 137 cm³/mol. The molecule has 5 rings (SSSR count). The average molecular weight is 483 g/mol. The highest BCUT2D eigenvalue weighted by Gasteiger charge is 2.35. The Bertz CT molecular complexity index is 1420. The van der Waals surface area contributed by atoms with Crippen LogP contribution in [-0.2, 0) is 4.79 Å². The number of amides is 1. The van der Waals surface area contributed by atoms with E-state index in [1.54, 1.807) is 24.2 Å². The largest absolute Gasteiger partial charge is 0.493 e. The Hall–Kier alpha value is -4.66. The molecule has 36 heavy (non-hydrogen) atoms. The summed E-state index contributed by atoms with van der Waals surface area (Å²) in [5.41, 5.74) is 3.47. The van der Waals surface area contributed by atoms with Crippen molar-refractivity contribution in [2.45, 2.75) is 19.9 Å². The van der Waals surface area contributed by atoms with E-state index in [9.17, 15) is 4.79 Å². The first-order chi connectivity index (χ1) is 17.6. The minimum atomic E-state index is -0.563. The predicted octanol–water partition coefficient (Wildman–Crippen LogP) is 4.68. The molecule has 2 N–H and O–H groups in total. The number of allylic oxidation sites excluding steroid dienone is 1. The number of benzene rings is 2. The van der Waals surface area contributed by atoms with Crippen LogP contribution in [-0.4, -0.2) is 39.4 Å². The lowest BCUT2D eigenvalue weighted by atomic mass is 9.94. The fourth-order valence-corrected chi connectivity index (χ4v) is 4.22. The lowest BCUT2D eigenvalue weighted by Crippen LogP contribution is -2.31. The number of hydrogen-bond donors (Lipinski definition) is 2. The zero-order valence-electron chi connectivity index (χ0n) is 20.2. The summed E-state index contributed by atoms with van der Waals surface area (Å²) in [7, 11) is 1.59. The van der Waals surface area contributed by atoms with E-state index < -0.39 is 6.04 Å². The molecule has 0 bridgehead atoms. The van der Waals surface area contributed by atoms with E-state index in [4.69, 9.17) is 19.6 Å². The molecule has 4 aromatic rings. The summed E-state index contributed by atoms with van der Waals surface area (Å²) in [4.78, 5) is 22.5. The summed E-state index contributed by atoms with van der Waals surface area (Å²) in [6.45, 7) is 4.29. The van der Waals surface area contributed by atoms with Crippen LogP contribution in [0.15, 0.2) is 84.3 Å². The highest BCUT2D eigenvalue weighted by atomic mass is 16.5. The highest BCUT2D eigenvalue weighted by molar-refractivity contribution is 6.06. The Labute approximate surface area is 208 Å². The zero-order chi connectivity index (χ0) is 25.1. The van der Waals surface area contributed by atoms with Gasteiger partial charge in [0.2, 0.25) is 5.95 Å². The van der Waals surface area contributed by atoms with E-state index in [1.807, 2.05) is 74.5 Å². The van der Waals surface area contributed by atoms with Crippen LogP contribution in [0.5, 0.6) is 11.5 Å². The molecule has 1 aliphatic rings. The van der Waals surface area contributed by atoms with Crippen LogP contribution in [0, 0.1) is 0 Å². The van der Waals surface area contributed by atoms with Gasteiger partial charge in [-0.2, -0.15) is 4.98 Å². The summed E-state index contributed by atoms with van der Waals surface area (Å²) in [5, 5.41) is 11.0.